The Morgan fingerprint density at radius 2 is 1.60 bits per heavy atom. The van der Waals surface area contributed by atoms with Gasteiger partial charge in [-0.1, -0.05) is 17.7 Å². The van der Waals surface area contributed by atoms with Crippen LogP contribution in [0.15, 0.2) is 48.5 Å². The van der Waals surface area contributed by atoms with Gasteiger partial charge < -0.3 is 14.5 Å². The predicted molar refractivity (Wildman–Crippen MR) is 96.5 cm³/mol. The van der Waals surface area contributed by atoms with Gasteiger partial charge in [0.2, 0.25) is 0 Å². The maximum atomic E-state index is 13.0. The van der Waals surface area contributed by atoms with Crippen LogP contribution in [-0.2, 0) is 4.79 Å². The molecular weight excluding hydrogens is 319 g/mol. The molecule has 1 fully saturated rings. The van der Waals surface area contributed by atoms with E-state index in [-0.39, 0.29) is 11.7 Å². The molecule has 3 rings (SSSR count). The summed E-state index contributed by atoms with van der Waals surface area (Å²) in [5, 5.41) is 0. The minimum Gasteiger partial charge on any atom is -0.481 e. The molecule has 1 unspecified atom stereocenters. The van der Waals surface area contributed by atoms with Crippen molar-refractivity contribution in [3.63, 3.8) is 0 Å². The van der Waals surface area contributed by atoms with E-state index in [1.165, 1.54) is 12.1 Å². The number of nitrogens with zero attached hydrogens (tertiary/aromatic N) is 2. The van der Waals surface area contributed by atoms with Crippen LogP contribution < -0.4 is 9.64 Å². The number of piperazine rings is 1. The van der Waals surface area contributed by atoms with Gasteiger partial charge in [-0.25, -0.2) is 4.39 Å². The van der Waals surface area contributed by atoms with E-state index in [1.807, 2.05) is 36.1 Å². The summed E-state index contributed by atoms with van der Waals surface area (Å²) in [5.41, 5.74) is 2.14. The maximum absolute atomic E-state index is 13.0. The average Bonchev–Trinajstić information content (AvgIpc) is 2.64. The summed E-state index contributed by atoms with van der Waals surface area (Å²) in [6.45, 7) is 6.53. The standard InChI is InChI=1S/C20H23FN2O2/c1-15-3-9-19(10-4-15)25-16(2)20(24)23-13-11-22(12-14-23)18-7-5-17(21)6-8-18/h3-10,16H,11-14H2,1-2H3. The Hall–Kier alpha value is -2.56. The zero-order valence-corrected chi connectivity index (χ0v) is 14.6. The van der Waals surface area contributed by atoms with Gasteiger partial charge in [-0.05, 0) is 50.2 Å². The maximum Gasteiger partial charge on any atom is 0.263 e. The third kappa shape index (κ3) is 4.29. The van der Waals surface area contributed by atoms with Gasteiger partial charge in [-0.2, -0.15) is 0 Å². The van der Waals surface area contributed by atoms with Crippen molar-refractivity contribution < 1.29 is 13.9 Å². The van der Waals surface area contributed by atoms with Crippen molar-refractivity contribution in [2.75, 3.05) is 31.1 Å². The summed E-state index contributed by atoms with van der Waals surface area (Å²) in [6, 6.07) is 14.2. The smallest absolute Gasteiger partial charge is 0.263 e. The number of hydrogen-bond donors (Lipinski definition) is 0. The van der Waals surface area contributed by atoms with Gasteiger partial charge in [-0.15, -0.1) is 0 Å². The van der Waals surface area contributed by atoms with Crippen molar-refractivity contribution in [2.45, 2.75) is 20.0 Å². The minimum atomic E-state index is -0.514. The number of anilines is 1. The number of amides is 1. The number of ether oxygens (including phenoxy) is 1. The average molecular weight is 342 g/mol. The summed E-state index contributed by atoms with van der Waals surface area (Å²) in [4.78, 5) is 16.6. The largest absolute Gasteiger partial charge is 0.481 e. The molecule has 2 aromatic rings. The Morgan fingerprint density at radius 3 is 2.20 bits per heavy atom. The first kappa shape index (κ1) is 17.3. The molecule has 0 N–H and O–H groups in total. The molecule has 132 valence electrons. The molecule has 1 heterocycles. The van der Waals surface area contributed by atoms with Crippen molar-refractivity contribution >= 4 is 11.6 Å². The lowest BCUT2D eigenvalue weighted by atomic mass is 10.2. The Labute approximate surface area is 147 Å². The van der Waals surface area contributed by atoms with Crippen LogP contribution in [0, 0.1) is 12.7 Å². The van der Waals surface area contributed by atoms with E-state index >= 15 is 0 Å². The summed E-state index contributed by atoms with van der Waals surface area (Å²) in [6.07, 6.45) is -0.514. The van der Waals surface area contributed by atoms with Gasteiger partial charge in [-0.3, -0.25) is 4.79 Å². The zero-order chi connectivity index (χ0) is 17.8. The molecule has 0 spiro atoms. The summed E-state index contributed by atoms with van der Waals surface area (Å²) in [5.74, 6) is 0.468. The third-order valence-electron chi connectivity index (χ3n) is 4.46. The second-order valence-corrected chi connectivity index (χ2v) is 6.36. The lowest BCUT2D eigenvalue weighted by molar-refractivity contribution is -0.138. The van der Waals surface area contributed by atoms with Gasteiger partial charge in [0.05, 0.1) is 0 Å². The summed E-state index contributed by atoms with van der Waals surface area (Å²) >= 11 is 0. The van der Waals surface area contributed by atoms with Gasteiger partial charge in [0.25, 0.3) is 5.91 Å². The Kier molecular flexibility index (Phi) is 5.22. The molecule has 4 nitrogen and oxygen atoms in total. The molecule has 5 heteroatoms. The molecule has 1 atom stereocenters. The Bertz CT molecular complexity index is 707. The molecule has 25 heavy (non-hydrogen) atoms. The number of carbonyl (C=O) groups is 1. The van der Waals surface area contributed by atoms with Gasteiger partial charge >= 0.3 is 0 Å². The molecule has 1 aliphatic rings. The molecule has 0 saturated carbocycles. The van der Waals surface area contributed by atoms with E-state index < -0.39 is 6.10 Å². The van der Waals surface area contributed by atoms with E-state index in [0.29, 0.717) is 18.8 Å². The first-order valence-corrected chi connectivity index (χ1v) is 8.55. The number of aryl methyl sites for hydroxylation is 1. The van der Waals surface area contributed by atoms with E-state index in [9.17, 15) is 9.18 Å². The first-order chi connectivity index (χ1) is 12.0. The molecule has 0 aliphatic carbocycles. The van der Waals surface area contributed by atoms with Crippen LogP contribution in [0.5, 0.6) is 5.75 Å². The van der Waals surface area contributed by atoms with Crippen molar-refractivity contribution in [1.29, 1.82) is 0 Å². The molecule has 1 saturated heterocycles. The van der Waals surface area contributed by atoms with Crippen LogP contribution in [0.4, 0.5) is 10.1 Å². The highest BCUT2D eigenvalue weighted by Crippen LogP contribution is 2.18. The van der Waals surface area contributed by atoms with Crippen molar-refractivity contribution in [2.24, 2.45) is 0 Å². The normalized spacial score (nSPS) is 15.8. The van der Waals surface area contributed by atoms with E-state index in [0.717, 1.165) is 24.3 Å². The van der Waals surface area contributed by atoms with E-state index in [1.54, 1.807) is 19.1 Å². The molecule has 0 bridgehead atoms. The third-order valence-corrected chi connectivity index (χ3v) is 4.46. The quantitative estimate of drug-likeness (QED) is 0.855. The highest BCUT2D eigenvalue weighted by atomic mass is 19.1. The van der Waals surface area contributed by atoms with Crippen molar-refractivity contribution in [3.8, 4) is 5.75 Å². The van der Waals surface area contributed by atoms with Crippen LogP contribution in [-0.4, -0.2) is 43.1 Å². The topological polar surface area (TPSA) is 32.8 Å². The lowest BCUT2D eigenvalue weighted by Crippen LogP contribution is -2.52. The fraction of sp³-hybridized carbons (Fsp3) is 0.350. The number of carbonyl (C=O) groups excluding carboxylic acids is 1. The highest BCUT2D eigenvalue weighted by Gasteiger charge is 2.26. The Balaban J connectivity index is 1.53. The molecular formula is C20H23FN2O2. The summed E-state index contributed by atoms with van der Waals surface area (Å²) < 4.78 is 18.8. The Morgan fingerprint density at radius 1 is 1.00 bits per heavy atom. The number of rotatable bonds is 4. The fourth-order valence-corrected chi connectivity index (χ4v) is 2.97. The fourth-order valence-electron chi connectivity index (χ4n) is 2.97. The molecule has 1 aliphatic heterocycles. The highest BCUT2D eigenvalue weighted by molar-refractivity contribution is 5.81. The second kappa shape index (κ2) is 7.55. The van der Waals surface area contributed by atoms with Crippen molar-refractivity contribution in [1.82, 2.24) is 4.90 Å². The number of hydrogen-bond acceptors (Lipinski definition) is 3. The van der Waals surface area contributed by atoms with Crippen LogP contribution >= 0.6 is 0 Å². The summed E-state index contributed by atoms with van der Waals surface area (Å²) in [7, 11) is 0. The van der Waals surface area contributed by atoms with Crippen LogP contribution in [0.2, 0.25) is 0 Å². The molecule has 1 amide bonds. The number of halogens is 1. The van der Waals surface area contributed by atoms with Crippen LogP contribution in [0.1, 0.15) is 12.5 Å². The first-order valence-electron chi connectivity index (χ1n) is 8.55. The number of benzene rings is 2. The predicted octanol–water partition coefficient (Wildman–Crippen LogP) is 3.25. The monoisotopic (exact) mass is 342 g/mol. The second-order valence-electron chi connectivity index (χ2n) is 6.36. The lowest BCUT2D eigenvalue weighted by Gasteiger charge is -2.37. The van der Waals surface area contributed by atoms with Crippen LogP contribution in [0.25, 0.3) is 0 Å². The van der Waals surface area contributed by atoms with Gasteiger partial charge in [0, 0.05) is 31.9 Å². The minimum absolute atomic E-state index is 0.000619. The SMILES string of the molecule is Cc1ccc(OC(C)C(=O)N2CCN(c3ccc(F)cc3)CC2)cc1. The van der Waals surface area contributed by atoms with E-state index in [4.69, 9.17) is 4.74 Å². The van der Waals surface area contributed by atoms with Gasteiger partial charge in [0.15, 0.2) is 6.10 Å². The van der Waals surface area contributed by atoms with Gasteiger partial charge in [0.1, 0.15) is 11.6 Å². The van der Waals surface area contributed by atoms with Crippen molar-refractivity contribution in [3.05, 3.63) is 59.9 Å². The van der Waals surface area contributed by atoms with E-state index in [2.05, 4.69) is 4.90 Å². The van der Waals surface area contributed by atoms with Crippen LogP contribution in [0.3, 0.4) is 0 Å². The molecule has 2 aromatic carbocycles. The zero-order valence-electron chi connectivity index (χ0n) is 14.6. The molecule has 0 radical (unpaired) electrons. The molecule has 0 aromatic heterocycles.